The van der Waals surface area contributed by atoms with Crippen molar-refractivity contribution in [2.75, 3.05) is 10.2 Å². The smallest absolute Gasteiger partial charge is 0.145 e. The zero-order valence-corrected chi connectivity index (χ0v) is 30.6. The molecule has 2 aliphatic rings. The fraction of sp³-hybridized carbons (Fsp3) is 0.125. The first-order chi connectivity index (χ1) is 26.5. The highest BCUT2D eigenvalue weighted by Gasteiger charge is 2.35. The lowest BCUT2D eigenvalue weighted by atomic mass is 9.95. The molecule has 0 bridgehead atoms. The fourth-order valence-corrected chi connectivity index (χ4v) is 8.35. The van der Waals surface area contributed by atoms with E-state index in [1.165, 1.54) is 22.5 Å². The lowest BCUT2D eigenvalue weighted by Crippen LogP contribution is -2.31. The average Bonchev–Trinajstić information content (AvgIpc) is 3.91. The van der Waals surface area contributed by atoms with E-state index in [4.69, 9.17) is 9.97 Å². The van der Waals surface area contributed by atoms with Gasteiger partial charge in [0, 0.05) is 16.8 Å². The van der Waals surface area contributed by atoms with E-state index in [9.17, 15) is 0 Å². The van der Waals surface area contributed by atoms with Crippen molar-refractivity contribution in [3.05, 3.63) is 180 Å². The van der Waals surface area contributed by atoms with E-state index < -0.39 is 0 Å². The standard InChI is InChI=1S/C48H40N6/c1-31-16-4-10-22-40(31)52-43-25-13-7-19-37(43)49-46(52)34-28-35(47-50-38-20-8-14-26-44(38)53(47)41-23-11-5-17-32(41)2)30-36(29-34)48-51-39-21-9-15-27-45(39)54(48)42-24-12-6-18-33(42)3/h4-17,19-30,33,48,51H,18H2,1-3H3. The number of benzene rings is 6. The molecule has 1 aliphatic heterocycles. The summed E-state index contributed by atoms with van der Waals surface area (Å²) in [4.78, 5) is 13.3. The maximum absolute atomic E-state index is 5.38. The summed E-state index contributed by atoms with van der Waals surface area (Å²) in [6.45, 7) is 6.67. The number of allylic oxidation sites excluding steroid dienone is 4. The molecule has 0 fully saturated rings. The Morgan fingerprint density at radius 2 is 1.11 bits per heavy atom. The number of hydrogen-bond donors (Lipinski definition) is 1. The van der Waals surface area contributed by atoms with Crippen LogP contribution in [0.15, 0.2) is 163 Å². The quantitative estimate of drug-likeness (QED) is 0.188. The van der Waals surface area contributed by atoms with Crippen molar-refractivity contribution in [3.63, 3.8) is 0 Å². The Balaban J connectivity index is 1.27. The van der Waals surface area contributed by atoms with Gasteiger partial charge in [0.15, 0.2) is 0 Å². The number of hydrogen-bond acceptors (Lipinski definition) is 4. The normalized spacial score (nSPS) is 16.5. The molecule has 6 aromatic carbocycles. The number of para-hydroxylation sites is 8. The van der Waals surface area contributed by atoms with Crippen LogP contribution in [0.1, 0.15) is 36.2 Å². The van der Waals surface area contributed by atoms with E-state index in [1.807, 2.05) is 0 Å². The third-order valence-electron chi connectivity index (χ3n) is 11.0. The van der Waals surface area contributed by atoms with Gasteiger partial charge < -0.3 is 10.2 Å². The largest absolute Gasteiger partial charge is 0.359 e. The number of imidazole rings is 2. The molecule has 3 heterocycles. The van der Waals surface area contributed by atoms with E-state index in [-0.39, 0.29) is 6.17 Å². The monoisotopic (exact) mass is 700 g/mol. The van der Waals surface area contributed by atoms with Crippen molar-refractivity contribution < 1.29 is 0 Å². The molecule has 0 saturated carbocycles. The number of anilines is 2. The minimum Gasteiger partial charge on any atom is -0.359 e. The van der Waals surface area contributed by atoms with Crippen LogP contribution in [0, 0.1) is 19.8 Å². The molecule has 0 amide bonds. The lowest BCUT2D eigenvalue weighted by molar-refractivity contribution is 0.622. The van der Waals surface area contributed by atoms with Gasteiger partial charge in [-0.3, -0.25) is 9.13 Å². The topological polar surface area (TPSA) is 50.9 Å². The third kappa shape index (κ3) is 5.17. The Morgan fingerprint density at radius 3 is 1.69 bits per heavy atom. The van der Waals surface area contributed by atoms with Crippen molar-refractivity contribution in [2.24, 2.45) is 5.92 Å². The summed E-state index contributed by atoms with van der Waals surface area (Å²) in [5, 5.41) is 3.95. The van der Waals surface area contributed by atoms with Crippen LogP contribution in [0.5, 0.6) is 0 Å². The van der Waals surface area contributed by atoms with Crippen molar-refractivity contribution in [1.29, 1.82) is 0 Å². The summed E-state index contributed by atoms with van der Waals surface area (Å²) in [7, 11) is 0. The number of aromatic nitrogens is 4. The molecule has 1 N–H and O–H groups in total. The molecular formula is C48H40N6. The summed E-state index contributed by atoms with van der Waals surface area (Å²) in [6.07, 6.45) is 7.59. The number of fused-ring (bicyclic) bond motifs is 3. The van der Waals surface area contributed by atoms with Crippen LogP contribution >= 0.6 is 0 Å². The van der Waals surface area contributed by atoms with Gasteiger partial charge in [0.05, 0.1) is 44.8 Å². The first kappa shape index (κ1) is 32.0. The van der Waals surface area contributed by atoms with Crippen molar-refractivity contribution >= 4 is 33.4 Å². The van der Waals surface area contributed by atoms with Crippen LogP contribution in [0.4, 0.5) is 11.4 Å². The number of nitrogens with zero attached hydrogens (tertiary/aromatic N) is 5. The molecule has 6 heteroatoms. The van der Waals surface area contributed by atoms with Gasteiger partial charge in [-0.05, 0) is 116 Å². The minimum atomic E-state index is -0.158. The molecule has 6 nitrogen and oxygen atoms in total. The fourth-order valence-electron chi connectivity index (χ4n) is 8.35. The van der Waals surface area contributed by atoms with Crippen LogP contribution in [-0.4, -0.2) is 19.1 Å². The van der Waals surface area contributed by atoms with Gasteiger partial charge in [0.2, 0.25) is 0 Å². The Morgan fingerprint density at radius 1 is 0.593 bits per heavy atom. The van der Waals surface area contributed by atoms with Gasteiger partial charge >= 0.3 is 0 Å². The lowest BCUT2D eigenvalue weighted by Gasteiger charge is -2.34. The first-order valence-corrected chi connectivity index (χ1v) is 18.8. The van der Waals surface area contributed by atoms with Gasteiger partial charge in [-0.25, -0.2) is 9.97 Å². The second-order valence-electron chi connectivity index (χ2n) is 14.5. The Labute approximate surface area is 315 Å². The van der Waals surface area contributed by atoms with Crippen LogP contribution in [-0.2, 0) is 0 Å². The molecule has 2 atom stereocenters. The van der Waals surface area contributed by atoms with Crippen LogP contribution in [0.25, 0.3) is 56.2 Å². The van der Waals surface area contributed by atoms with E-state index in [0.29, 0.717) is 5.92 Å². The SMILES string of the molecule is Cc1ccccc1-n1c(-c2cc(-c3nc4ccccc4n3-c3ccccc3C)cc(C3Nc4ccccc4N3C3=CC=CCC3C)c2)nc2ccccc21. The number of aryl methyl sites for hydroxylation is 2. The van der Waals surface area contributed by atoms with E-state index in [0.717, 1.165) is 73.9 Å². The van der Waals surface area contributed by atoms with E-state index >= 15 is 0 Å². The van der Waals surface area contributed by atoms with Gasteiger partial charge in [-0.1, -0.05) is 91.9 Å². The van der Waals surface area contributed by atoms with E-state index in [1.54, 1.807) is 0 Å². The first-order valence-electron chi connectivity index (χ1n) is 18.8. The number of nitrogens with one attached hydrogen (secondary N) is 1. The predicted octanol–water partition coefficient (Wildman–Crippen LogP) is 11.7. The highest BCUT2D eigenvalue weighted by molar-refractivity contribution is 5.88. The maximum atomic E-state index is 5.38. The molecule has 2 unspecified atom stereocenters. The van der Waals surface area contributed by atoms with Crippen molar-refractivity contribution in [3.8, 4) is 34.2 Å². The second-order valence-corrected chi connectivity index (χ2v) is 14.5. The molecule has 262 valence electrons. The molecule has 54 heavy (non-hydrogen) atoms. The zero-order valence-electron chi connectivity index (χ0n) is 30.6. The maximum Gasteiger partial charge on any atom is 0.145 e. The van der Waals surface area contributed by atoms with Crippen molar-refractivity contribution in [2.45, 2.75) is 33.4 Å². The average molecular weight is 701 g/mol. The third-order valence-corrected chi connectivity index (χ3v) is 11.0. The van der Waals surface area contributed by atoms with Crippen LogP contribution < -0.4 is 10.2 Å². The molecule has 0 saturated heterocycles. The van der Waals surface area contributed by atoms with Crippen LogP contribution in [0.3, 0.4) is 0 Å². The van der Waals surface area contributed by atoms with Crippen LogP contribution in [0.2, 0.25) is 0 Å². The molecule has 0 spiro atoms. The summed E-state index contributed by atoms with van der Waals surface area (Å²) in [5.41, 5.74) is 15.4. The Bertz CT molecular complexity index is 2660. The summed E-state index contributed by atoms with van der Waals surface area (Å²) >= 11 is 0. The van der Waals surface area contributed by atoms with Gasteiger partial charge in [0.1, 0.15) is 17.8 Å². The second kappa shape index (κ2) is 12.8. The van der Waals surface area contributed by atoms with Gasteiger partial charge in [-0.2, -0.15) is 0 Å². The molecule has 10 rings (SSSR count). The van der Waals surface area contributed by atoms with Crippen molar-refractivity contribution in [1.82, 2.24) is 19.1 Å². The minimum absolute atomic E-state index is 0.158. The number of rotatable bonds is 6. The van der Waals surface area contributed by atoms with Gasteiger partial charge in [-0.15, -0.1) is 0 Å². The highest BCUT2D eigenvalue weighted by Crippen LogP contribution is 2.47. The Kier molecular flexibility index (Phi) is 7.58. The summed E-state index contributed by atoms with van der Waals surface area (Å²) in [6, 6.07) is 49.6. The highest BCUT2D eigenvalue weighted by atomic mass is 15.3. The molecule has 1 aliphatic carbocycles. The molecule has 0 radical (unpaired) electrons. The molecule has 8 aromatic rings. The predicted molar refractivity (Wildman–Crippen MR) is 222 cm³/mol. The zero-order chi connectivity index (χ0) is 36.3. The Hall–Kier alpha value is -6.66. The summed E-state index contributed by atoms with van der Waals surface area (Å²) in [5.74, 6) is 2.15. The molecular weight excluding hydrogens is 661 g/mol. The van der Waals surface area contributed by atoms with E-state index in [2.05, 4.69) is 198 Å². The summed E-state index contributed by atoms with van der Waals surface area (Å²) < 4.78 is 4.64. The molecule has 2 aromatic heterocycles. The van der Waals surface area contributed by atoms with Gasteiger partial charge in [0.25, 0.3) is 0 Å².